The molecule has 108 valence electrons. The van der Waals surface area contributed by atoms with Crippen LogP contribution < -0.4 is 0 Å². The second kappa shape index (κ2) is 6.08. The lowest BCUT2D eigenvalue weighted by Crippen LogP contribution is -2.50. The predicted octanol–water partition coefficient (Wildman–Crippen LogP) is 2.05. The van der Waals surface area contributed by atoms with Gasteiger partial charge in [-0.2, -0.15) is 0 Å². The van der Waals surface area contributed by atoms with Crippen LogP contribution in [0.2, 0.25) is 0 Å². The molecule has 1 fully saturated rings. The standard InChI is InChI=1S/C14H24N2O3/c1-5-8-15(4)13(19)16-9-6-7-11(10-16)14(2,3)12(17)18/h5,11H,1,6-10H2,2-4H3,(H,17,18). The Labute approximate surface area is 114 Å². The van der Waals surface area contributed by atoms with E-state index >= 15 is 0 Å². The largest absolute Gasteiger partial charge is 0.481 e. The predicted molar refractivity (Wildman–Crippen MR) is 73.9 cm³/mol. The molecule has 0 aliphatic carbocycles. The topological polar surface area (TPSA) is 60.9 Å². The molecule has 0 aromatic rings. The summed E-state index contributed by atoms with van der Waals surface area (Å²) in [6.45, 7) is 8.81. The molecule has 1 aliphatic rings. The van der Waals surface area contributed by atoms with Crippen molar-refractivity contribution in [3.05, 3.63) is 12.7 Å². The highest BCUT2D eigenvalue weighted by molar-refractivity contribution is 5.76. The number of piperidine rings is 1. The van der Waals surface area contributed by atoms with Gasteiger partial charge in [-0.05, 0) is 32.6 Å². The monoisotopic (exact) mass is 268 g/mol. The van der Waals surface area contributed by atoms with Crippen molar-refractivity contribution in [1.82, 2.24) is 9.80 Å². The van der Waals surface area contributed by atoms with E-state index in [0.29, 0.717) is 19.6 Å². The van der Waals surface area contributed by atoms with Crippen LogP contribution in [-0.2, 0) is 4.79 Å². The van der Waals surface area contributed by atoms with E-state index in [2.05, 4.69) is 6.58 Å². The average Bonchev–Trinajstić information content (AvgIpc) is 2.38. The molecule has 1 atom stereocenters. The van der Waals surface area contributed by atoms with E-state index < -0.39 is 11.4 Å². The second-order valence-electron chi connectivity index (χ2n) is 5.76. The van der Waals surface area contributed by atoms with E-state index in [-0.39, 0.29) is 11.9 Å². The molecule has 5 heteroatoms. The summed E-state index contributed by atoms with van der Waals surface area (Å²) in [7, 11) is 1.73. The number of carboxylic acids is 1. The Balaban J connectivity index is 2.72. The quantitative estimate of drug-likeness (QED) is 0.794. The van der Waals surface area contributed by atoms with Crippen LogP contribution in [0.4, 0.5) is 4.79 Å². The van der Waals surface area contributed by atoms with Crippen molar-refractivity contribution in [2.75, 3.05) is 26.7 Å². The minimum Gasteiger partial charge on any atom is -0.481 e. The van der Waals surface area contributed by atoms with Gasteiger partial charge in [-0.3, -0.25) is 4.79 Å². The first-order chi connectivity index (χ1) is 8.80. The molecule has 0 radical (unpaired) electrons. The summed E-state index contributed by atoms with van der Waals surface area (Å²) in [6.07, 6.45) is 3.39. The summed E-state index contributed by atoms with van der Waals surface area (Å²) in [5.41, 5.74) is -0.796. The van der Waals surface area contributed by atoms with Crippen molar-refractivity contribution in [3.63, 3.8) is 0 Å². The lowest BCUT2D eigenvalue weighted by atomic mass is 9.74. The van der Waals surface area contributed by atoms with Gasteiger partial charge in [0.1, 0.15) is 0 Å². The normalized spacial score (nSPS) is 19.9. The fraction of sp³-hybridized carbons (Fsp3) is 0.714. The van der Waals surface area contributed by atoms with E-state index in [0.717, 1.165) is 12.8 Å². The number of hydrogen-bond donors (Lipinski definition) is 1. The molecule has 1 saturated heterocycles. The molecule has 1 aliphatic heterocycles. The maximum absolute atomic E-state index is 12.2. The van der Waals surface area contributed by atoms with Gasteiger partial charge in [0.05, 0.1) is 5.41 Å². The number of carbonyl (C=O) groups is 2. The number of hydrogen-bond acceptors (Lipinski definition) is 2. The van der Waals surface area contributed by atoms with Crippen molar-refractivity contribution in [2.45, 2.75) is 26.7 Å². The van der Waals surface area contributed by atoms with Crippen molar-refractivity contribution >= 4 is 12.0 Å². The zero-order chi connectivity index (χ0) is 14.6. The maximum atomic E-state index is 12.2. The number of likely N-dealkylation sites (N-methyl/N-ethyl adjacent to an activating group) is 1. The number of amides is 2. The van der Waals surface area contributed by atoms with E-state index in [1.54, 1.807) is 36.8 Å². The Morgan fingerprint density at radius 3 is 2.68 bits per heavy atom. The Morgan fingerprint density at radius 2 is 2.16 bits per heavy atom. The first-order valence-corrected chi connectivity index (χ1v) is 6.65. The molecule has 2 amide bonds. The third-order valence-corrected chi connectivity index (χ3v) is 3.99. The van der Waals surface area contributed by atoms with Gasteiger partial charge in [0.15, 0.2) is 0 Å². The fourth-order valence-corrected chi connectivity index (χ4v) is 2.43. The smallest absolute Gasteiger partial charge is 0.320 e. The number of likely N-dealkylation sites (tertiary alicyclic amines) is 1. The van der Waals surface area contributed by atoms with Crippen LogP contribution in [0.15, 0.2) is 12.7 Å². The summed E-state index contributed by atoms with van der Waals surface area (Å²) < 4.78 is 0. The number of nitrogens with zero attached hydrogens (tertiary/aromatic N) is 2. The minimum absolute atomic E-state index is 0.000156. The zero-order valence-corrected chi connectivity index (χ0v) is 12.1. The van der Waals surface area contributed by atoms with E-state index in [1.807, 2.05) is 0 Å². The van der Waals surface area contributed by atoms with Crippen molar-refractivity contribution < 1.29 is 14.7 Å². The number of rotatable bonds is 4. The molecular formula is C14H24N2O3. The maximum Gasteiger partial charge on any atom is 0.320 e. The van der Waals surface area contributed by atoms with Gasteiger partial charge in [0.25, 0.3) is 0 Å². The van der Waals surface area contributed by atoms with Crippen LogP contribution in [-0.4, -0.2) is 53.6 Å². The summed E-state index contributed by atoms with van der Waals surface area (Å²) in [4.78, 5) is 26.8. The van der Waals surface area contributed by atoms with E-state index in [9.17, 15) is 14.7 Å². The van der Waals surface area contributed by atoms with Crippen LogP contribution in [0.5, 0.6) is 0 Å². The van der Waals surface area contributed by atoms with E-state index in [1.165, 1.54) is 0 Å². The van der Waals surface area contributed by atoms with Gasteiger partial charge in [-0.1, -0.05) is 6.08 Å². The highest BCUT2D eigenvalue weighted by Gasteiger charge is 2.40. The molecule has 1 heterocycles. The Bertz CT molecular complexity index is 366. The third kappa shape index (κ3) is 3.49. The lowest BCUT2D eigenvalue weighted by molar-refractivity contribution is -0.151. The highest BCUT2D eigenvalue weighted by Crippen LogP contribution is 2.34. The molecule has 5 nitrogen and oxygen atoms in total. The van der Waals surface area contributed by atoms with Crippen molar-refractivity contribution in [1.29, 1.82) is 0 Å². The van der Waals surface area contributed by atoms with Crippen molar-refractivity contribution in [2.24, 2.45) is 11.3 Å². The number of aliphatic carboxylic acids is 1. The average molecular weight is 268 g/mol. The fourth-order valence-electron chi connectivity index (χ4n) is 2.43. The van der Waals surface area contributed by atoms with Crippen LogP contribution in [0, 0.1) is 11.3 Å². The minimum atomic E-state index is -0.800. The highest BCUT2D eigenvalue weighted by atomic mass is 16.4. The first kappa shape index (κ1) is 15.5. The number of urea groups is 1. The van der Waals surface area contributed by atoms with Gasteiger partial charge >= 0.3 is 12.0 Å². The van der Waals surface area contributed by atoms with Gasteiger partial charge in [-0.15, -0.1) is 6.58 Å². The summed E-state index contributed by atoms with van der Waals surface area (Å²) >= 11 is 0. The third-order valence-electron chi connectivity index (χ3n) is 3.99. The number of carbonyl (C=O) groups excluding carboxylic acids is 1. The second-order valence-corrected chi connectivity index (χ2v) is 5.76. The number of carboxylic acid groups (broad SMARTS) is 1. The summed E-state index contributed by atoms with van der Waals surface area (Å²) in [6, 6.07) is -0.0502. The van der Waals surface area contributed by atoms with E-state index in [4.69, 9.17) is 0 Å². The lowest BCUT2D eigenvalue weighted by Gasteiger charge is -2.40. The van der Waals surface area contributed by atoms with Crippen LogP contribution >= 0.6 is 0 Å². The first-order valence-electron chi connectivity index (χ1n) is 6.65. The Hall–Kier alpha value is -1.52. The van der Waals surface area contributed by atoms with Crippen LogP contribution in [0.1, 0.15) is 26.7 Å². The molecule has 0 spiro atoms. The molecule has 19 heavy (non-hydrogen) atoms. The Morgan fingerprint density at radius 1 is 1.53 bits per heavy atom. The SMILES string of the molecule is C=CCN(C)C(=O)N1CCCC(C(C)(C)C(=O)O)C1. The summed E-state index contributed by atoms with van der Waals surface area (Å²) in [5, 5.41) is 9.28. The molecule has 0 saturated carbocycles. The summed E-state index contributed by atoms with van der Waals surface area (Å²) in [5.74, 6) is -0.800. The molecular weight excluding hydrogens is 244 g/mol. The molecule has 1 N–H and O–H groups in total. The zero-order valence-electron chi connectivity index (χ0n) is 12.1. The molecule has 0 aromatic carbocycles. The molecule has 1 rings (SSSR count). The van der Waals surface area contributed by atoms with Gasteiger partial charge < -0.3 is 14.9 Å². The van der Waals surface area contributed by atoms with Gasteiger partial charge in [0.2, 0.25) is 0 Å². The molecule has 1 unspecified atom stereocenters. The van der Waals surface area contributed by atoms with Crippen LogP contribution in [0.25, 0.3) is 0 Å². The van der Waals surface area contributed by atoms with Gasteiger partial charge in [-0.25, -0.2) is 4.79 Å². The molecule has 0 aromatic heterocycles. The van der Waals surface area contributed by atoms with Crippen molar-refractivity contribution in [3.8, 4) is 0 Å². The molecule has 0 bridgehead atoms. The Kier molecular flexibility index (Phi) is 4.97. The van der Waals surface area contributed by atoms with Crippen LogP contribution in [0.3, 0.4) is 0 Å². The van der Waals surface area contributed by atoms with Gasteiger partial charge in [0, 0.05) is 26.7 Å².